The van der Waals surface area contributed by atoms with Gasteiger partial charge in [0.1, 0.15) is 11.6 Å². The molecule has 0 spiro atoms. The van der Waals surface area contributed by atoms with Crippen molar-refractivity contribution in [2.45, 2.75) is 26.6 Å². The summed E-state index contributed by atoms with van der Waals surface area (Å²) >= 11 is 0. The molecule has 0 aromatic heterocycles. The molecule has 1 rings (SSSR count). The normalized spacial score (nSPS) is 10.6. The molecule has 4 N–H and O–H groups in total. The quantitative estimate of drug-likeness (QED) is 0.519. The molecule has 0 aliphatic rings. The maximum absolute atomic E-state index is 9.77. The molecule has 0 aliphatic heterocycles. The predicted molar refractivity (Wildman–Crippen MR) is 59.0 cm³/mol. The molecule has 0 atom stereocenters. The molecule has 0 radical (unpaired) electrons. The Balaban J connectivity index is 2.89. The minimum absolute atomic E-state index is 0.0330. The molecule has 0 saturated heterocycles. The Hall–Kier alpha value is -1.55. The summed E-state index contributed by atoms with van der Waals surface area (Å²) in [5.41, 5.74) is 6.32. The number of phenols is 1. The van der Waals surface area contributed by atoms with E-state index in [4.69, 9.17) is 15.9 Å². The summed E-state index contributed by atoms with van der Waals surface area (Å²) in [6, 6.07) is 5.11. The molecule has 0 unspecified atom stereocenters. The largest absolute Gasteiger partial charge is 0.507 e. The fourth-order valence-electron chi connectivity index (χ4n) is 1.18. The number of nitrogens with two attached hydrogens (primary N) is 1. The van der Waals surface area contributed by atoms with Crippen LogP contribution in [0.25, 0.3) is 0 Å². The van der Waals surface area contributed by atoms with Gasteiger partial charge in [0.2, 0.25) is 0 Å². The van der Waals surface area contributed by atoms with Crippen LogP contribution in [0.15, 0.2) is 18.2 Å². The van der Waals surface area contributed by atoms with Crippen LogP contribution in [-0.4, -0.2) is 17.0 Å². The SMILES string of the molecule is CC(C)OCc1cccc(C(=N)N)c1O. The van der Waals surface area contributed by atoms with Crippen molar-refractivity contribution < 1.29 is 9.84 Å². The van der Waals surface area contributed by atoms with Crippen LogP contribution in [0.2, 0.25) is 0 Å². The van der Waals surface area contributed by atoms with Crippen LogP contribution >= 0.6 is 0 Å². The number of nitrogen functional groups attached to an aromatic ring is 1. The van der Waals surface area contributed by atoms with Gasteiger partial charge in [-0.3, -0.25) is 5.41 Å². The second-order valence-corrected chi connectivity index (χ2v) is 3.59. The van der Waals surface area contributed by atoms with E-state index in [-0.39, 0.29) is 17.7 Å². The van der Waals surface area contributed by atoms with Crippen LogP contribution in [0.5, 0.6) is 5.75 Å². The van der Waals surface area contributed by atoms with E-state index in [2.05, 4.69) is 0 Å². The van der Waals surface area contributed by atoms with Crippen molar-refractivity contribution in [2.75, 3.05) is 0 Å². The highest BCUT2D eigenvalue weighted by Gasteiger charge is 2.09. The molecule has 1 aromatic rings. The summed E-state index contributed by atoms with van der Waals surface area (Å²) in [6.45, 7) is 4.17. The summed E-state index contributed by atoms with van der Waals surface area (Å²) in [6.07, 6.45) is 0.102. The van der Waals surface area contributed by atoms with Gasteiger partial charge in [0.25, 0.3) is 0 Å². The monoisotopic (exact) mass is 208 g/mol. The first-order valence-electron chi connectivity index (χ1n) is 4.79. The highest BCUT2D eigenvalue weighted by Crippen LogP contribution is 2.22. The average Bonchev–Trinajstić information content (AvgIpc) is 2.15. The molecule has 0 aliphatic carbocycles. The fourth-order valence-corrected chi connectivity index (χ4v) is 1.18. The standard InChI is InChI=1S/C11H16N2O2/c1-7(2)15-6-8-4-3-5-9(10(8)14)11(12)13/h3-5,7,14H,6H2,1-2H3,(H3,12,13). The Morgan fingerprint density at radius 3 is 2.73 bits per heavy atom. The zero-order valence-corrected chi connectivity index (χ0v) is 8.95. The van der Waals surface area contributed by atoms with Crippen LogP contribution in [0.3, 0.4) is 0 Å². The molecule has 0 fully saturated rings. The maximum atomic E-state index is 9.77. The zero-order chi connectivity index (χ0) is 11.4. The van der Waals surface area contributed by atoms with E-state index in [0.29, 0.717) is 17.7 Å². The lowest BCUT2D eigenvalue weighted by atomic mass is 10.1. The first kappa shape index (κ1) is 11.5. The molecule has 0 heterocycles. The molecular weight excluding hydrogens is 192 g/mol. The first-order chi connectivity index (χ1) is 7.02. The number of ether oxygens (including phenoxy) is 1. The smallest absolute Gasteiger partial charge is 0.131 e. The van der Waals surface area contributed by atoms with Crippen LogP contribution in [0, 0.1) is 5.41 Å². The minimum Gasteiger partial charge on any atom is -0.507 e. The second kappa shape index (κ2) is 4.79. The molecule has 0 saturated carbocycles. The third-order valence-corrected chi connectivity index (χ3v) is 1.98. The Bertz CT molecular complexity index is 362. The molecule has 15 heavy (non-hydrogen) atoms. The highest BCUT2D eigenvalue weighted by atomic mass is 16.5. The van der Waals surface area contributed by atoms with Gasteiger partial charge in [-0.15, -0.1) is 0 Å². The number of hydrogen-bond acceptors (Lipinski definition) is 3. The van der Waals surface area contributed by atoms with Crippen molar-refractivity contribution >= 4 is 5.84 Å². The Kier molecular flexibility index (Phi) is 3.68. The number of rotatable bonds is 4. The van der Waals surface area contributed by atoms with Crippen molar-refractivity contribution in [3.05, 3.63) is 29.3 Å². The topological polar surface area (TPSA) is 79.3 Å². The van der Waals surface area contributed by atoms with E-state index >= 15 is 0 Å². The van der Waals surface area contributed by atoms with Crippen molar-refractivity contribution in [1.82, 2.24) is 0 Å². The van der Waals surface area contributed by atoms with Crippen LogP contribution < -0.4 is 5.73 Å². The van der Waals surface area contributed by atoms with Gasteiger partial charge in [-0.2, -0.15) is 0 Å². The number of amidine groups is 1. The summed E-state index contributed by atoms with van der Waals surface area (Å²) in [4.78, 5) is 0. The predicted octanol–water partition coefficient (Wildman–Crippen LogP) is 1.60. The van der Waals surface area contributed by atoms with Gasteiger partial charge >= 0.3 is 0 Å². The number of aromatic hydroxyl groups is 1. The van der Waals surface area contributed by atoms with Gasteiger partial charge in [0.15, 0.2) is 0 Å². The molecule has 4 nitrogen and oxygen atoms in total. The second-order valence-electron chi connectivity index (χ2n) is 3.59. The third-order valence-electron chi connectivity index (χ3n) is 1.98. The molecular formula is C11H16N2O2. The highest BCUT2D eigenvalue weighted by molar-refractivity contribution is 5.97. The molecule has 1 aromatic carbocycles. The molecule has 0 bridgehead atoms. The van der Waals surface area contributed by atoms with Gasteiger partial charge in [-0.05, 0) is 19.9 Å². The van der Waals surface area contributed by atoms with E-state index in [1.54, 1.807) is 18.2 Å². The van der Waals surface area contributed by atoms with E-state index in [0.717, 1.165) is 0 Å². The fraction of sp³-hybridized carbons (Fsp3) is 0.364. The molecule has 82 valence electrons. The lowest BCUT2D eigenvalue weighted by Gasteiger charge is -2.11. The van der Waals surface area contributed by atoms with Crippen LogP contribution in [0.4, 0.5) is 0 Å². The van der Waals surface area contributed by atoms with Crippen molar-refractivity contribution in [1.29, 1.82) is 5.41 Å². The lowest BCUT2D eigenvalue weighted by molar-refractivity contribution is 0.0645. The number of hydrogen-bond donors (Lipinski definition) is 3. The van der Waals surface area contributed by atoms with Crippen LogP contribution in [0.1, 0.15) is 25.0 Å². The number of benzene rings is 1. The maximum Gasteiger partial charge on any atom is 0.131 e. The summed E-state index contributed by atoms with van der Waals surface area (Å²) < 4.78 is 5.37. The number of phenolic OH excluding ortho intramolecular Hbond substituents is 1. The van der Waals surface area contributed by atoms with Crippen LogP contribution in [-0.2, 0) is 11.3 Å². The Morgan fingerprint density at radius 2 is 2.20 bits per heavy atom. The van der Waals surface area contributed by atoms with Gasteiger partial charge in [0, 0.05) is 5.56 Å². The van der Waals surface area contributed by atoms with Crippen molar-refractivity contribution in [3.8, 4) is 5.75 Å². The minimum atomic E-state index is -0.140. The van der Waals surface area contributed by atoms with Crippen molar-refractivity contribution in [3.63, 3.8) is 0 Å². The van der Waals surface area contributed by atoms with Gasteiger partial charge < -0.3 is 15.6 Å². The number of nitrogens with one attached hydrogen (secondary N) is 1. The zero-order valence-electron chi connectivity index (χ0n) is 8.95. The van der Waals surface area contributed by atoms with E-state index < -0.39 is 0 Å². The van der Waals surface area contributed by atoms with Gasteiger partial charge in [-0.1, -0.05) is 12.1 Å². The number of para-hydroxylation sites is 1. The van der Waals surface area contributed by atoms with Crippen molar-refractivity contribution in [2.24, 2.45) is 5.73 Å². The van der Waals surface area contributed by atoms with E-state index in [9.17, 15) is 5.11 Å². The Labute approximate surface area is 89.2 Å². The first-order valence-corrected chi connectivity index (χ1v) is 4.79. The van der Waals surface area contributed by atoms with E-state index in [1.807, 2.05) is 13.8 Å². The summed E-state index contributed by atoms with van der Waals surface area (Å²) in [5.74, 6) is -0.107. The third kappa shape index (κ3) is 2.95. The Morgan fingerprint density at radius 1 is 1.53 bits per heavy atom. The van der Waals surface area contributed by atoms with Gasteiger partial charge in [0.05, 0.1) is 18.3 Å². The summed E-state index contributed by atoms with van der Waals surface area (Å²) in [7, 11) is 0. The molecule has 4 heteroatoms. The lowest BCUT2D eigenvalue weighted by Crippen LogP contribution is -2.12. The molecule has 0 amide bonds. The van der Waals surface area contributed by atoms with E-state index in [1.165, 1.54) is 0 Å². The average molecular weight is 208 g/mol. The van der Waals surface area contributed by atoms with Gasteiger partial charge in [-0.25, -0.2) is 0 Å². The summed E-state index contributed by atoms with van der Waals surface area (Å²) in [5, 5.41) is 17.0.